The summed E-state index contributed by atoms with van der Waals surface area (Å²) < 4.78 is 4.65. The summed E-state index contributed by atoms with van der Waals surface area (Å²) in [6, 6.07) is 2.62. The fraction of sp³-hybridized carbons (Fsp3) is 0.533. The Hall–Kier alpha value is 0.0800. The van der Waals surface area contributed by atoms with Crippen LogP contribution in [0.3, 0.4) is 0 Å². The number of likely N-dealkylation sites (N-methyl/N-ethyl adjacent to an activating group) is 1. The van der Waals surface area contributed by atoms with E-state index >= 15 is 0 Å². The fourth-order valence-electron chi connectivity index (χ4n) is 2.47. The molecule has 21 heavy (non-hydrogen) atoms. The summed E-state index contributed by atoms with van der Waals surface area (Å²) >= 11 is 7.94. The Morgan fingerprint density at radius 1 is 1.43 bits per heavy atom. The Bertz CT molecular complexity index is 594. The van der Waals surface area contributed by atoms with E-state index in [1.807, 2.05) is 0 Å². The third kappa shape index (κ3) is 4.09. The predicted molar refractivity (Wildman–Crippen MR) is 102 cm³/mol. The third-order valence-electron chi connectivity index (χ3n) is 3.53. The van der Waals surface area contributed by atoms with Gasteiger partial charge in [-0.15, -0.1) is 11.3 Å². The van der Waals surface area contributed by atoms with E-state index < -0.39 is 0 Å². The van der Waals surface area contributed by atoms with E-state index in [0.717, 1.165) is 31.6 Å². The minimum absolute atomic E-state index is 0.345. The first-order chi connectivity index (χ1) is 10.1. The molecule has 116 valence electrons. The summed E-state index contributed by atoms with van der Waals surface area (Å²) in [6.45, 7) is 8.34. The number of aryl methyl sites for hydroxylation is 2. The lowest BCUT2D eigenvalue weighted by atomic mass is 10.0. The summed E-state index contributed by atoms with van der Waals surface area (Å²) in [4.78, 5) is 0. The number of aromatic nitrogens is 2. The minimum Gasteiger partial charge on any atom is -0.310 e. The molecule has 0 amide bonds. The molecule has 2 heterocycles. The van der Waals surface area contributed by atoms with Crippen LogP contribution >= 0.6 is 49.9 Å². The van der Waals surface area contributed by atoms with Gasteiger partial charge in [-0.3, -0.25) is 4.68 Å². The number of halogens is 2. The van der Waals surface area contributed by atoms with Crippen molar-refractivity contribution in [3.05, 3.63) is 35.8 Å². The van der Waals surface area contributed by atoms with Gasteiger partial charge in [0.25, 0.3) is 0 Å². The van der Waals surface area contributed by atoms with E-state index in [-0.39, 0.29) is 0 Å². The van der Waals surface area contributed by atoms with Crippen molar-refractivity contribution in [1.82, 2.24) is 15.1 Å². The molecule has 1 atom stereocenters. The summed E-state index contributed by atoms with van der Waals surface area (Å²) in [6.07, 6.45) is 1.92. The second-order valence-corrected chi connectivity index (χ2v) is 8.47. The molecule has 1 N–H and O–H groups in total. The Morgan fingerprint density at radius 3 is 2.71 bits per heavy atom. The molecule has 0 fully saturated rings. The van der Waals surface area contributed by atoms with E-state index in [4.69, 9.17) is 5.10 Å². The van der Waals surface area contributed by atoms with Crippen molar-refractivity contribution in [2.24, 2.45) is 0 Å². The molecule has 2 aromatic heterocycles. The molecule has 6 heteroatoms. The van der Waals surface area contributed by atoms with Gasteiger partial charge in [0.15, 0.2) is 0 Å². The smallest absolute Gasteiger partial charge is 0.0766 e. The van der Waals surface area contributed by atoms with Gasteiger partial charge in [-0.2, -0.15) is 5.10 Å². The highest BCUT2D eigenvalue weighted by Crippen LogP contribution is 2.29. The third-order valence-corrected chi connectivity index (χ3v) is 6.25. The van der Waals surface area contributed by atoms with E-state index in [9.17, 15) is 0 Å². The van der Waals surface area contributed by atoms with Crippen molar-refractivity contribution < 1.29 is 0 Å². The van der Waals surface area contributed by atoms with Crippen LogP contribution in [0.15, 0.2) is 15.9 Å². The molecule has 0 aliphatic heterocycles. The molecular weight excluding hydrogens is 461 g/mol. The van der Waals surface area contributed by atoms with E-state index in [1.54, 1.807) is 11.3 Å². The monoisotopic (exact) mass is 481 g/mol. The zero-order valence-corrected chi connectivity index (χ0v) is 17.2. The van der Waals surface area contributed by atoms with Crippen molar-refractivity contribution in [3.8, 4) is 0 Å². The highest BCUT2D eigenvalue weighted by atomic mass is 127. The lowest BCUT2D eigenvalue weighted by Gasteiger charge is -2.18. The van der Waals surface area contributed by atoms with Crippen molar-refractivity contribution >= 4 is 49.9 Å². The molecule has 0 aliphatic rings. The molecular formula is C15H21BrIN3S. The number of hydrogen-bond acceptors (Lipinski definition) is 3. The largest absolute Gasteiger partial charge is 0.310 e. The van der Waals surface area contributed by atoms with Gasteiger partial charge in [0, 0.05) is 19.0 Å². The van der Waals surface area contributed by atoms with Crippen molar-refractivity contribution in [3.63, 3.8) is 0 Å². The van der Waals surface area contributed by atoms with Gasteiger partial charge in [0.2, 0.25) is 0 Å². The van der Waals surface area contributed by atoms with Gasteiger partial charge in [-0.25, -0.2) is 0 Å². The molecule has 2 rings (SSSR count). The molecule has 2 aromatic rings. The Labute approximate surface area is 152 Å². The summed E-state index contributed by atoms with van der Waals surface area (Å²) in [5.74, 6) is 0. The molecule has 3 nitrogen and oxygen atoms in total. The van der Waals surface area contributed by atoms with Crippen LogP contribution in [-0.4, -0.2) is 16.3 Å². The first kappa shape index (κ1) is 17.4. The molecule has 0 aromatic carbocycles. The molecule has 0 saturated heterocycles. The molecule has 0 radical (unpaired) electrons. The van der Waals surface area contributed by atoms with Gasteiger partial charge in [-0.05, 0) is 75.4 Å². The second-order valence-electron chi connectivity index (χ2n) is 4.88. The first-order valence-electron chi connectivity index (χ1n) is 7.31. The maximum Gasteiger partial charge on any atom is 0.0766 e. The highest BCUT2D eigenvalue weighted by Gasteiger charge is 2.20. The number of nitrogens with one attached hydrogen (secondary N) is 1. The molecule has 0 spiro atoms. The van der Waals surface area contributed by atoms with Gasteiger partial charge in [0.1, 0.15) is 0 Å². The van der Waals surface area contributed by atoms with Crippen LogP contribution in [0.1, 0.15) is 43.8 Å². The molecule has 0 saturated carbocycles. The van der Waals surface area contributed by atoms with Crippen LogP contribution in [0.2, 0.25) is 0 Å². The Kier molecular flexibility index (Phi) is 6.71. The van der Waals surface area contributed by atoms with Crippen LogP contribution in [0.5, 0.6) is 0 Å². The second kappa shape index (κ2) is 8.08. The minimum atomic E-state index is 0.345. The molecule has 0 aliphatic carbocycles. The first-order valence-corrected chi connectivity index (χ1v) is 10.1. The van der Waals surface area contributed by atoms with Crippen LogP contribution in [0.25, 0.3) is 0 Å². The Morgan fingerprint density at radius 2 is 2.19 bits per heavy atom. The Balaban J connectivity index is 2.30. The maximum absolute atomic E-state index is 4.70. The van der Waals surface area contributed by atoms with Gasteiger partial charge >= 0.3 is 0 Å². The van der Waals surface area contributed by atoms with Crippen LogP contribution < -0.4 is 5.32 Å². The van der Waals surface area contributed by atoms with Crippen molar-refractivity contribution in [2.45, 2.75) is 46.2 Å². The van der Waals surface area contributed by atoms with Gasteiger partial charge < -0.3 is 5.32 Å². The van der Waals surface area contributed by atoms with Crippen molar-refractivity contribution in [2.75, 3.05) is 6.54 Å². The van der Waals surface area contributed by atoms with E-state index in [1.165, 1.54) is 18.6 Å². The van der Waals surface area contributed by atoms with E-state index in [0.29, 0.717) is 6.04 Å². The quantitative estimate of drug-likeness (QED) is 0.576. The zero-order valence-electron chi connectivity index (χ0n) is 12.6. The number of rotatable bonds is 7. The maximum atomic E-state index is 4.70. The average molecular weight is 482 g/mol. The SMILES string of the molecule is CCNC(Cc1c(Br)c(CC)nn1CC)c1csc(I)c1. The summed E-state index contributed by atoms with van der Waals surface area (Å²) in [5, 5.41) is 10.6. The lowest BCUT2D eigenvalue weighted by molar-refractivity contribution is 0.516. The molecule has 0 bridgehead atoms. The van der Waals surface area contributed by atoms with E-state index in [2.05, 4.69) is 80.7 Å². The normalized spacial score (nSPS) is 12.8. The zero-order chi connectivity index (χ0) is 15.4. The highest BCUT2D eigenvalue weighted by molar-refractivity contribution is 14.1. The number of nitrogens with zero attached hydrogens (tertiary/aromatic N) is 2. The fourth-order valence-corrected chi connectivity index (χ4v) is 4.62. The topological polar surface area (TPSA) is 29.9 Å². The predicted octanol–water partition coefficient (Wildman–Crippen LogP) is 4.79. The average Bonchev–Trinajstić information content (AvgIpc) is 3.03. The standard InChI is InChI=1S/C15H21BrIN3S/c1-4-11-15(16)13(20(6-3)19-11)8-12(18-5-2)10-7-14(17)21-9-10/h7,9,12,18H,4-6,8H2,1-3H3. The lowest BCUT2D eigenvalue weighted by Crippen LogP contribution is -2.23. The van der Waals surface area contributed by atoms with Crippen LogP contribution in [0.4, 0.5) is 0 Å². The molecule has 1 unspecified atom stereocenters. The van der Waals surface area contributed by atoms with Crippen LogP contribution in [-0.2, 0) is 19.4 Å². The van der Waals surface area contributed by atoms with Gasteiger partial charge in [-0.1, -0.05) is 13.8 Å². The summed E-state index contributed by atoms with van der Waals surface area (Å²) in [7, 11) is 0. The van der Waals surface area contributed by atoms with Crippen molar-refractivity contribution in [1.29, 1.82) is 0 Å². The summed E-state index contributed by atoms with van der Waals surface area (Å²) in [5.41, 5.74) is 3.82. The van der Waals surface area contributed by atoms with Crippen LogP contribution in [0, 0.1) is 2.88 Å². The van der Waals surface area contributed by atoms with Gasteiger partial charge in [0.05, 0.1) is 18.7 Å². The number of hydrogen-bond donors (Lipinski definition) is 1. The number of thiophene rings is 1.